The Bertz CT molecular complexity index is 1180. The Hall–Kier alpha value is -3.61. The van der Waals surface area contributed by atoms with E-state index in [0.29, 0.717) is 19.0 Å². The van der Waals surface area contributed by atoms with E-state index in [0.717, 1.165) is 35.8 Å². The van der Waals surface area contributed by atoms with Crippen molar-refractivity contribution in [3.8, 4) is 17.0 Å². The summed E-state index contributed by atoms with van der Waals surface area (Å²) in [7, 11) is 1.66. The molecular weight excluding hydrogens is 428 g/mol. The molecule has 0 bridgehead atoms. The molecule has 4 rings (SSSR count). The zero-order valence-corrected chi connectivity index (χ0v) is 20.1. The number of aromatic nitrogens is 2. The van der Waals surface area contributed by atoms with Crippen LogP contribution in [0.4, 0.5) is 5.69 Å². The molecule has 0 spiro atoms. The normalized spacial score (nSPS) is 13.9. The predicted molar refractivity (Wildman–Crippen MR) is 134 cm³/mol. The van der Waals surface area contributed by atoms with E-state index in [1.165, 1.54) is 16.3 Å². The number of carbonyl (C=O) groups is 1. The topological polar surface area (TPSA) is 67.7 Å². The van der Waals surface area contributed by atoms with Crippen LogP contribution in [-0.4, -0.2) is 53.9 Å². The molecule has 1 aliphatic rings. The minimum absolute atomic E-state index is 0.0469. The van der Waals surface area contributed by atoms with Crippen LogP contribution in [0.2, 0.25) is 0 Å². The van der Waals surface area contributed by atoms with Crippen LogP contribution in [0.15, 0.2) is 65.5 Å². The van der Waals surface area contributed by atoms with E-state index >= 15 is 0 Å². The molecule has 34 heavy (non-hydrogen) atoms. The highest BCUT2D eigenvalue weighted by Gasteiger charge is 2.21. The summed E-state index contributed by atoms with van der Waals surface area (Å²) in [4.78, 5) is 29.3. The average Bonchev–Trinajstić information content (AvgIpc) is 2.88. The average molecular weight is 461 g/mol. The molecule has 7 nitrogen and oxygen atoms in total. The van der Waals surface area contributed by atoms with Crippen LogP contribution < -0.4 is 15.2 Å². The molecule has 0 atom stereocenters. The van der Waals surface area contributed by atoms with Gasteiger partial charge in [0, 0.05) is 56.0 Å². The summed E-state index contributed by atoms with van der Waals surface area (Å²) >= 11 is 0. The van der Waals surface area contributed by atoms with Crippen LogP contribution in [0.1, 0.15) is 31.7 Å². The first-order valence-electron chi connectivity index (χ1n) is 11.8. The number of ether oxygens (including phenoxy) is 1. The summed E-state index contributed by atoms with van der Waals surface area (Å²) in [6, 6.07) is 19.5. The molecule has 1 fully saturated rings. The van der Waals surface area contributed by atoms with E-state index < -0.39 is 0 Å². The quantitative estimate of drug-likeness (QED) is 0.537. The van der Waals surface area contributed by atoms with Gasteiger partial charge in [0.2, 0.25) is 5.91 Å². The van der Waals surface area contributed by atoms with Crippen LogP contribution in [0, 0.1) is 0 Å². The van der Waals surface area contributed by atoms with Gasteiger partial charge in [-0.05, 0) is 29.7 Å². The van der Waals surface area contributed by atoms with Gasteiger partial charge in [0.15, 0.2) is 0 Å². The van der Waals surface area contributed by atoms with E-state index in [1.807, 2.05) is 35.2 Å². The summed E-state index contributed by atoms with van der Waals surface area (Å²) in [5.74, 6) is 1.33. The van der Waals surface area contributed by atoms with E-state index in [4.69, 9.17) is 4.74 Å². The lowest BCUT2D eigenvalue weighted by Crippen LogP contribution is -2.49. The molecule has 0 aliphatic carbocycles. The van der Waals surface area contributed by atoms with Gasteiger partial charge < -0.3 is 14.5 Å². The van der Waals surface area contributed by atoms with Crippen molar-refractivity contribution in [2.24, 2.45) is 0 Å². The second-order valence-corrected chi connectivity index (χ2v) is 8.88. The van der Waals surface area contributed by atoms with Gasteiger partial charge in [-0.2, -0.15) is 5.10 Å². The van der Waals surface area contributed by atoms with Gasteiger partial charge in [-0.15, -0.1) is 0 Å². The summed E-state index contributed by atoms with van der Waals surface area (Å²) in [5, 5.41) is 4.52. The third-order valence-corrected chi connectivity index (χ3v) is 6.33. The number of aryl methyl sites for hydroxylation is 1. The monoisotopic (exact) mass is 460 g/mol. The van der Waals surface area contributed by atoms with Crippen molar-refractivity contribution in [3.05, 3.63) is 76.6 Å². The van der Waals surface area contributed by atoms with Gasteiger partial charge in [-0.3, -0.25) is 9.59 Å². The number of methoxy groups -OCH3 is 1. The standard InChI is InChI=1S/C27H32N4O3/c1-20(2)21-7-9-22(10-8-21)25-11-12-27(33)31(28-25)14-13-26(32)30-17-15-29(16-18-30)23-5-4-6-24(19-23)34-3/h4-12,19-20H,13-18H2,1-3H3. The first kappa shape index (κ1) is 23.5. The van der Waals surface area contributed by atoms with Crippen molar-refractivity contribution in [3.63, 3.8) is 0 Å². The lowest BCUT2D eigenvalue weighted by molar-refractivity contribution is -0.131. The van der Waals surface area contributed by atoms with Gasteiger partial charge in [-0.25, -0.2) is 4.68 Å². The lowest BCUT2D eigenvalue weighted by atomic mass is 10.0. The van der Waals surface area contributed by atoms with Gasteiger partial charge in [0.25, 0.3) is 5.56 Å². The molecular formula is C27H32N4O3. The fourth-order valence-electron chi connectivity index (χ4n) is 4.18. The minimum atomic E-state index is -0.196. The predicted octanol–water partition coefficient (Wildman–Crippen LogP) is 3.78. The number of piperazine rings is 1. The molecule has 1 saturated heterocycles. The second-order valence-electron chi connectivity index (χ2n) is 8.88. The van der Waals surface area contributed by atoms with Gasteiger partial charge >= 0.3 is 0 Å². The van der Waals surface area contributed by atoms with Crippen LogP contribution in [0.3, 0.4) is 0 Å². The van der Waals surface area contributed by atoms with Gasteiger partial charge in [0.1, 0.15) is 5.75 Å². The molecule has 1 aromatic heterocycles. The lowest BCUT2D eigenvalue weighted by Gasteiger charge is -2.36. The third kappa shape index (κ3) is 5.47. The molecule has 0 N–H and O–H groups in total. The Kier molecular flexibility index (Phi) is 7.30. The van der Waals surface area contributed by atoms with Crippen molar-refractivity contribution >= 4 is 11.6 Å². The highest BCUT2D eigenvalue weighted by atomic mass is 16.5. The van der Waals surface area contributed by atoms with Crippen LogP contribution in [0.25, 0.3) is 11.3 Å². The molecule has 2 heterocycles. The number of carbonyl (C=O) groups excluding carboxylic acids is 1. The maximum atomic E-state index is 12.8. The maximum absolute atomic E-state index is 12.8. The van der Waals surface area contributed by atoms with Crippen molar-refractivity contribution in [2.75, 3.05) is 38.2 Å². The molecule has 3 aromatic rings. The Balaban J connectivity index is 1.35. The molecule has 0 unspecified atom stereocenters. The van der Waals surface area contributed by atoms with Crippen LogP contribution in [0.5, 0.6) is 5.75 Å². The first-order chi connectivity index (χ1) is 16.4. The zero-order chi connectivity index (χ0) is 24.1. The van der Waals surface area contributed by atoms with E-state index in [-0.39, 0.29) is 24.4 Å². The third-order valence-electron chi connectivity index (χ3n) is 6.33. The SMILES string of the molecule is COc1cccc(N2CCN(C(=O)CCn3nc(-c4ccc(C(C)C)cc4)ccc3=O)CC2)c1. The molecule has 7 heteroatoms. The Morgan fingerprint density at radius 3 is 2.41 bits per heavy atom. The van der Waals surface area contributed by atoms with Gasteiger partial charge in [0.05, 0.1) is 19.3 Å². The molecule has 0 saturated carbocycles. The number of benzene rings is 2. The van der Waals surface area contributed by atoms with Gasteiger partial charge in [-0.1, -0.05) is 44.2 Å². The van der Waals surface area contributed by atoms with Crippen molar-refractivity contribution in [2.45, 2.75) is 32.7 Å². The van der Waals surface area contributed by atoms with E-state index in [2.05, 4.69) is 42.0 Å². The van der Waals surface area contributed by atoms with E-state index in [1.54, 1.807) is 13.2 Å². The summed E-state index contributed by atoms with van der Waals surface area (Å²) in [6.45, 7) is 7.41. The summed E-state index contributed by atoms with van der Waals surface area (Å²) in [5.41, 5.74) is 3.85. The maximum Gasteiger partial charge on any atom is 0.266 e. The molecule has 178 valence electrons. The number of rotatable bonds is 7. The molecule has 2 aromatic carbocycles. The minimum Gasteiger partial charge on any atom is -0.497 e. The Morgan fingerprint density at radius 1 is 1.00 bits per heavy atom. The largest absolute Gasteiger partial charge is 0.497 e. The van der Waals surface area contributed by atoms with Crippen LogP contribution in [-0.2, 0) is 11.3 Å². The molecule has 0 radical (unpaired) electrons. The van der Waals surface area contributed by atoms with Crippen molar-refractivity contribution in [1.29, 1.82) is 0 Å². The zero-order valence-electron chi connectivity index (χ0n) is 20.1. The number of hydrogen-bond donors (Lipinski definition) is 0. The van der Waals surface area contributed by atoms with E-state index in [9.17, 15) is 9.59 Å². The molecule has 1 amide bonds. The Morgan fingerprint density at radius 2 is 1.74 bits per heavy atom. The van der Waals surface area contributed by atoms with Crippen LogP contribution >= 0.6 is 0 Å². The fourth-order valence-corrected chi connectivity index (χ4v) is 4.18. The number of anilines is 1. The smallest absolute Gasteiger partial charge is 0.266 e. The number of amides is 1. The van der Waals surface area contributed by atoms with Crippen molar-refractivity contribution < 1.29 is 9.53 Å². The highest BCUT2D eigenvalue weighted by molar-refractivity contribution is 5.76. The Labute approximate surface area is 200 Å². The fraction of sp³-hybridized carbons (Fsp3) is 0.370. The highest BCUT2D eigenvalue weighted by Crippen LogP contribution is 2.23. The summed E-state index contributed by atoms with van der Waals surface area (Å²) < 4.78 is 6.71. The first-order valence-corrected chi connectivity index (χ1v) is 11.8. The number of hydrogen-bond acceptors (Lipinski definition) is 5. The second kappa shape index (κ2) is 10.5. The molecule has 1 aliphatic heterocycles. The summed E-state index contributed by atoms with van der Waals surface area (Å²) in [6.07, 6.45) is 0.252. The number of nitrogens with zero attached hydrogens (tertiary/aromatic N) is 4. The van der Waals surface area contributed by atoms with Crippen molar-refractivity contribution in [1.82, 2.24) is 14.7 Å².